The Morgan fingerprint density at radius 2 is 2.07 bits per heavy atom. The highest BCUT2D eigenvalue weighted by Crippen LogP contribution is 2.37. The Kier molecular flexibility index (Phi) is 5.29. The van der Waals surface area contributed by atoms with Crippen molar-refractivity contribution in [3.63, 3.8) is 0 Å². The molecule has 30 heavy (non-hydrogen) atoms. The minimum atomic E-state index is -4.75. The van der Waals surface area contributed by atoms with Crippen LogP contribution in [0.4, 0.5) is 24.7 Å². The first-order chi connectivity index (χ1) is 14.3. The van der Waals surface area contributed by atoms with Crippen LogP contribution in [0, 0.1) is 0 Å². The Labute approximate surface area is 171 Å². The third-order valence-electron chi connectivity index (χ3n) is 4.88. The topological polar surface area (TPSA) is 66.6 Å². The molecule has 2 aliphatic rings. The molecule has 1 aromatic heterocycles. The summed E-state index contributed by atoms with van der Waals surface area (Å²) in [6, 6.07) is 7.16. The minimum Gasteiger partial charge on any atom is -0.406 e. The zero-order chi connectivity index (χ0) is 21.3. The maximum absolute atomic E-state index is 12.5. The summed E-state index contributed by atoms with van der Waals surface area (Å²) in [5.41, 5.74) is 2.31. The highest BCUT2D eigenvalue weighted by atomic mass is 19.4. The number of carbonyl (C=O) groups excluding carboxylic acids is 1. The first-order valence-corrected chi connectivity index (χ1v) is 9.46. The number of anilines is 2. The van der Waals surface area contributed by atoms with Crippen LogP contribution >= 0.6 is 0 Å². The van der Waals surface area contributed by atoms with E-state index in [1.807, 2.05) is 6.08 Å². The molecule has 0 saturated carbocycles. The van der Waals surface area contributed by atoms with Crippen molar-refractivity contribution in [2.24, 2.45) is 0 Å². The average Bonchev–Trinajstić information content (AvgIpc) is 3.35. The molecule has 9 heteroatoms. The molecule has 1 atom stereocenters. The van der Waals surface area contributed by atoms with Crippen LogP contribution in [0.25, 0.3) is 6.08 Å². The molecule has 1 saturated heterocycles. The predicted molar refractivity (Wildman–Crippen MR) is 106 cm³/mol. The van der Waals surface area contributed by atoms with Gasteiger partial charge in [0.1, 0.15) is 17.3 Å². The summed E-state index contributed by atoms with van der Waals surface area (Å²) in [5.74, 6) is 0.0346. The van der Waals surface area contributed by atoms with Crippen LogP contribution in [-0.4, -0.2) is 36.5 Å². The lowest BCUT2D eigenvalue weighted by Gasteiger charge is -2.27. The number of H-pyrrole nitrogens is 1. The van der Waals surface area contributed by atoms with E-state index in [-0.39, 0.29) is 17.8 Å². The largest absolute Gasteiger partial charge is 0.573 e. The zero-order valence-corrected chi connectivity index (χ0v) is 16.0. The SMILES string of the molecule is C=C1C=Cc2cc(C(=O)NCC3CCCO3)[nH]c2N1c1ccc(OC(F)(F)F)cc1. The van der Waals surface area contributed by atoms with Crippen molar-refractivity contribution in [2.45, 2.75) is 25.3 Å². The Balaban J connectivity index is 1.53. The molecular formula is C21H20F3N3O3. The second-order valence-corrected chi connectivity index (χ2v) is 7.03. The molecule has 6 nitrogen and oxygen atoms in total. The standard InChI is InChI=1S/C21H20F3N3O3/c1-13-4-5-14-11-18(20(28)25-12-17-3-2-10-29-17)26-19(14)27(13)15-6-8-16(9-7-15)30-21(22,23)24/h4-9,11,17,26H,1-3,10,12H2,(H,25,28). The van der Waals surface area contributed by atoms with E-state index in [1.165, 1.54) is 24.3 Å². The summed E-state index contributed by atoms with van der Waals surface area (Å²) in [6.45, 7) is 5.14. The highest BCUT2D eigenvalue weighted by molar-refractivity contribution is 5.96. The molecule has 1 amide bonds. The van der Waals surface area contributed by atoms with Gasteiger partial charge in [-0.3, -0.25) is 9.69 Å². The number of aromatic nitrogens is 1. The quantitative estimate of drug-likeness (QED) is 0.749. The number of fused-ring (bicyclic) bond motifs is 1. The second-order valence-electron chi connectivity index (χ2n) is 7.03. The first-order valence-electron chi connectivity index (χ1n) is 9.46. The van der Waals surface area contributed by atoms with Crippen LogP contribution in [0.2, 0.25) is 0 Å². The van der Waals surface area contributed by atoms with Crippen molar-refractivity contribution < 1.29 is 27.4 Å². The number of nitrogens with one attached hydrogen (secondary N) is 2. The van der Waals surface area contributed by atoms with Gasteiger partial charge in [-0.05, 0) is 55.3 Å². The zero-order valence-electron chi connectivity index (χ0n) is 16.0. The molecular weight excluding hydrogens is 399 g/mol. The smallest absolute Gasteiger partial charge is 0.406 e. The lowest BCUT2D eigenvalue weighted by Crippen LogP contribution is -2.32. The van der Waals surface area contributed by atoms with E-state index in [4.69, 9.17) is 4.74 Å². The molecule has 3 heterocycles. The summed E-state index contributed by atoms with van der Waals surface area (Å²) in [6.07, 6.45) is 0.787. The fraction of sp³-hybridized carbons (Fsp3) is 0.286. The van der Waals surface area contributed by atoms with E-state index in [1.54, 1.807) is 17.0 Å². The van der Waals surface area contributed by atoms with Crippen molar-refractivity contribution in [3.05, 3.63) is 59.9 Å². The third-order valence-corrected chi connectivity index (χ3v) is 4.88. The maximum Gasteiger partial charge on any atom is 0.573 e. The molecule has 0 bridgehead atoms. The molecule has 0 aliphatic carbocycles. The fourth-order valence-corrected chi connectivity index (χ4v) is 3.50. The Bertz CT molecular complexity index is 974. The van der Waals surface area contributed by atoms with E-state index in [0.717, 1.165) is 18.4 Å². The molecule has 0 spiro atoms. The lowest BCUT2D eigenvalue weighted by molar-refractivity contribution is -0.274. The van der Waals surface area contributed by atoms with Gasteiger partial charge in [-0.1, -0.05) is 6.58 Å². The van der Waals surface area contributed by atoms with Crippen LogP contribution in [0.15, 0.2) is 48.7 Å². The first kappa shape index (κ1) is 20.1. The molecule has 1 aromatic carbocycles. The highest BCUT2D eigenvalue weighted by Gasteiger charge is 2.31. The number of nitrogens with zero attached hydrogens (tertiary/aromatic N) is 1. The predicted octanol–water partition coefficient (Wildman–Crippen LogP) is 4.50. The van der Waals surface area contributed by atoms with Gasteiger partial charge in [0.2, 0.25) is 0 Å². The van der Waals surface area contributed by atoms with Gasteiger partial charge in [0.05, 0.1) is 6.10 Å². The van der Waals surface area contributed by atoms with Crippen LogP contribution in [0.3, 0.4) is 0 Å². The summed E-state index contributed by atoms with van der Waals surface area (Å²) >= 11 is 0. The molecule has 2 aliphatic heterocycles. The van der Waals surface area contributed by atoms with Gasteiger partial charge >= 0.3 is 6.36 Å². The van der Waals surface area contributed by atoms with E-state index in [2.05, 4.69) is 21.6 Å². The minimum absolute atomic E-state index is 0.0344. The van der Waals surface area contributed by atoms with Crippen molar-refractivity contribution in [2.75, 3.05) is 18.1 Å². The van der Waals surface area contributed by atoms with Crippen LogP contribution < -0.4 is 15.0 Å². The molecule has 1 fully saturated rings. The van der Waals surface area contributed by atoms with Crippen molar-refractivity contribution in [3.8, 4) is 5.75 Å². The van der Waals surface area contributed by atoms with Crippen molar-refractivity contribution in [1.29, 1.82) is 0 Å². The number of ether oxygens (including phenoxy) is 2. The third kappa shape index (κ3) is 4.35. The Hall–Kier alpha value is -3.20. The van der Waals surface area contributed by atoms with Gasteiger partial charge < -0.3 is 19.8 Å². The number of amides is 1. The number of allylic oxidation sites excluding steroid dienone is 1. The normalized spacial score (nSPS) is 18.4. The second kappa shape index (κ2) is 7.91. The summed E-state index contributed by atoms with van der Waals surface area (Å²) in [5, 5.41) is 2.86. The Morgan fingerprint density at radius 3 is 2.73 bits per heavy atom. The van der Waals surface area contributed by atoms with Crippen LogP contribution in [-0.2, 0) is 4.74 Å². The van der Waals surface area contributed by atoms with Crippen LogP contribution in [0.5, 0.6) is 5.75 Å². The van der Waals surface area contributed by atoms with Crippen molar-refractivity contribution >= 4 is 23.5 Å². The monoisotopic (exact) mass is 419 g/mol. The fourth-order valence-electron chi connectivity index (χ4n) is 3.50. The van der Waals surface area contributed by atoms with Gasteiger partial charge in [0.25, 0.3) is 5.91 Å². The lowest BCUT2D eigenvalue weighted by atomic mass is 10.1. The molecule has 158 valence electrons. The van der Waals surface area contributed by atoms with Crippen molar-refractivity contribution in [1.82, 2.24) is 10.3 Å². The van der Waals surface area contributed by atoms with Gasteiger partial charge in [0.15, 0.2) is 0 Å². The summed E-state index contributed by atoms with van der Waals surface area (Å²) in [7, 11) is 0. The Morgan fingerprint density at radius 1 is 1.30 bits per heavy atom. The number of carbonyl (C=O) groups is 1. The van der Waals surface area contributed by atoms with E-state index in [0.29, 0.717) is 36.0 Å². The number of rotatable bonds is 5. The molecule has 4 rings (SSSR count). The molecule has 2 aromatic rings. The van der Waals surface area contributed by atoms with E-state index < -0.39 is 6.36 Å². The number of hydrogen-bond acceptors (Lipinski definition) is 4. The summed E-state index contributed by atoms with van der Waals surface area (Å²) in [4.78, 5) is 17.4. The number of hydrogen-bond donors (Lipinski definition) is 2. The summed E-state index contributed by atoms with van der Waals surface area (Å²) < 4.78 is 46.6. The number of alkyl halides is 3. The number of benzene rings is 1. The molecule has 1 unspecified atom stereocenters. The number of aromatic amines is 1. The molecule has 0 radical (unpaired) electrons. The average molecular weight is 419 g/mol. The maximum atomic E-state index is 12.5. The van der Waals surface area contributed by atoms with Crippen LogP contribution in [0.1, 0.15) is 28.9 Å². The van der Waals surface area contributed by atoms with Gasteiger partial charge in [-0.2, -0.15) is 0 Å². The number of halogens is 3. The van der Waals surface area contributed by atoms with E-state index >= 15 is 0 Å². The van der Waals surface area contributed by atoms with Gasteiger partial charge in [-0.15, -0.1) is 13.2 Å². The molecule has 2 N–H and O–H groups in total. The van der Waals surface area contributed by atoms with E-state index in [9.17, 15) is 18.0 Å². The van der Waals surface area contributed by atoms with Gasteiger partial charge in [0, 0.05) is 30.1 Å². The van der Waals surface area contributed by atoms with Gasteiger partial charge in [-0.25, -0.2) is 0 Å².